The van der Waals surface area contributed by atoms with Crippen molar-refractivity contribution < 1.29 is 4.74 Å². The smallest absolute Gasteiger partial charge is 0.119 e. The molecule has 1 aromatic rings. The topological polar surface area (TPSA) is 38.5 Å². The van der Waals surface area contributed by atoms with Crippen LogP contribution in [0.2, 0.25) is 0 Å². The van der Waals surface area contributed by atoms with E-state index in [2.05, 4.69) is 47.7 Å². The lowest BCUT2D eigenvalue weighted by Gasteiger charge is -2.31. The minimum atomic E-state index is 0.252. The van der Waals surface area contributed by atoms with Crippen LogP contribution >= 0.6 is 15.9 Å². The van der Waals surface area contributed by atoms with Crippen molar-refractivity contribution in [3.05, 3.63) is 28.2 Å². The van der Waals surface area contributed by atoms with Crippen molar-refractivity contribution in [2.75, 3.05) is 26.7 Å². The van der Waals surface area contributed by atoms with Gasteiger partial charge in [0, 0.05) is 23.6 Å². The number of rotatable bonds is 4. The van der Waals surface area contributed by atoms with E-state index in [1.54, 1.807) is 7.11 Å². The second-order valence-corrected chi connectivity index (χ2v) is 7.84. The number of benzene rings is 1. The molecule has 2 rings (SSSR count). The van der Waals surface area contributed by atoms with E-state index in [-0.39, 0.29) is 6.04 Å². The first-order chi connectivity index (χ1) is 9.86. The lowest BCUT2D eigenvalue weighted by atomic mass is 9.80. The number of halogens is 1. The normalized spacial score (nSPS) is 21.5. The summed E-state index contributed by atoms with van der Waals surface area (Å²) in [5.41, 5.74) is 7.68. The van der Waals surface area contributed by atoms with E-state index < -0.39 is 0 Å². The van der Waals surface area contributed by atoms with Crippen molar-refractivity contribution in [2.24, 2.45) is 17.1 Å². The molecule has 2 atom stereocenters. The van der Waals surface area contributed by atoms with Crippen LogP contribution < -0.4 is 10.5 Å². The summed E-state index contributed by atoms with van der Waals surface area (Å²) in [5, 5.41) is 0. The molecule has 1 aliphatic rings. The predicted octanol–water partition coefficient (Wildman–Crippen LogP) is 3.83. The fourth-order valence-corrected chi connectivity index (χ4v) is 3.67. The molecule has 118 valence electrons. The maximum Gasteiger partial charge on any atom is 0.119 e. The third kappa shape index (κ3) is 3.79. The van der Waals surface area contributed by atoms with Crippen LogP contribution in [0.25, 0.3) is 0 Å². The summed E-state index contributed by atoms with van der Waals surface area (Å²) in [6.07, 6.45) is 1.25. The van der Waals surface area contributed by atoms with Crippen molar-refractivity contribution in [3.8, 4) is 5.75 Å². The molecule has 0 aliphatic carbocycles. The van der Waals surface area contributed by atoms with Crippen molar-refractivity contribution in [2.45, 2.75) is 33.2 Å². The fraction of sp³-hybridized carbons (Fsp3) is 0.647. The highest BCUT2D eigenvalue weighted by Gasteiger charge is 2.35. The van der Waals surface area contributed by atoms with E-state index in [0.29, 0.717) is 12.0 Å². The molecule has 1 fully saturated rings. The molecule has 1 aliphatic heterocycles. The standard InChI is InChI=1S/C17H27BrN2O/c1-17(2,3)12-7-8-20(11-12)16(10-19)14-9-13(21-4)5-6-15(14)18/h5-6,9,12,16H,7-8,10-11,19H2,1-4H3. The summed E-state index contributed by atoms with van der Waals surface area (Å²) in [5.74, 6) is 1.62. The summed E-state index contributed by atoms with van der Waals surface area (Å²) in [6.45, 7) is 9.87. The lowest BCUT2D eigenvalue weighted by Crippen LogP contribution is -2.33. The number of nitrogens with zero attached hydrogens (tertiary/aromatic N) is 1. The van der Waals surface area contributed by atoms with Crippen molar-refractivity contribution in [1.29, 1.82) is 0 Å². The van der Waals surface area contributed by atoms with E-state index in [1.165, 1.54) is 12.0 Å². The van der Waals surface area contributed by atoms with Gasteiger partial charge in [0.05, 0.1) is 7.11 Å². The van der Waals surface area contributed by atoms with Crippen LogP contribution in [0.3, 0.4) is 0 Å². The van der Waals surface area contributed by atoms with Crippen LogP contribution in [0.5, 0.6) is 5.75 Å². The van der Waals surface area contributed by atoms with Gasteiger partial charge in [-0.3, -0.25) is 4.90 Å². The van der Waals surface area contributed by atoms with Crippen LogP contribution in [0.4, 0.5) is 0 Å². The Bertz CT molecular complexity index is 484. The van der Waals surface area contributed by atoms with Gasteiger partial charge in [-0.25, -0.2) is 0 Å². The highest BCUT2D eigenvalue weighted by Crippen LogP contribution is 2.38. The number of likely N-dealkylation sites (tertiary alicyclic amines) is 1. The summed E-state index contributed by atoms with van der Waals surface area (Å²) in [7, 11) is 1.70. The van der Waals surface area contributed by atoms with Crippen LogP contribution in [0, 0.1) is 11.3 Å². The van der Waals surface area contributed by atoms with Gasteiger partial charge in [0.1, 0.15) is 5.75 Å². The Kier molecular flexibility index (Phi) is 5.33. The molecule has 2 N–H and O–H groups in total. The van der Waals surface area contributed by atoms with Crippen LogP contribution in [-0.2, 0) is 0 Å². The Balaban J connectivity index is 2.21. The van der Waals surface area contributed by atoms with Crippen molar-refractivity contribution in [3.63, 3.8) is 0 Å². The van der Waals surface area contributed by atoms with Gasteiger partial charge in [-0.05, 0) is 48.1 Å². The number of hydrogen-bond acceptors (Lipinski definition) is 3. The molecule has 0 saturated carbocycles. The minimum Gasteiger partial charge on any atom is -0.497 e. The lowest BCUT2D eigenvalue weighted by molar-refractivity contribution is 0.197. The van der Waals surface area contributed by atoms with Crippen LogP contribution in [-0.4, -0.2) is 31.6 Å². The molecule has 3 nitrogen and oxygen atoms in total. The molecule has 0 bridgehead atoms. The Hall–Kier alpha value is -0.580. The zero-order valence-electron chi connectivity index (χ0n) is 13.5. The first-order valence-electron chi connectivity index (χ1n) is 7.64. The molecule has 1 saturated heterocycles. The molecule has 0 aromatic heterocycles. The number of ether oxygens (including phenoxy) is 1. The molecule has 21 heavy (non-hydrogen) atoms. The van der Waals surface area contributed by atoms with E-state index in [4.69, 9.17) is 10.5 Å². The van der Waals surface area contributed by atoms with Gasteiger partial charge in [-0.15, -0.1) is 0 Å². The number of hydrogen-bond donors (Lipinski definition) is 1. The van der Waals surface area contributed by atoms with Crippen LogP contribution in [0.1, 0.15) is 38.8 Å². The van der Waals surface area contributed by atoms with Gasteiger partial charge in [0.2, 0.25) is 0 Å². The van der Waals surface area contributed by atoms with Gasteiger partial charge in [-0.1, -0.05) is 36.7 Å². The van der Waals surface area contributed by atoms with Crippen molar-refractivity contribution >= 4 is 15.9 Å². The summed E-state index contributed by atoms with van der Waals surface area (Å²) in [6, 6.07) is 6.38. The average molecular weight is 355 g/mol. The quantitative estimate of drug-likeness (QED) is 0.892. The van der Waals surface area contributed by atoms with Crippen LogP contribution in [0.15, 0.2) is 22.7 Å². The molecule has 1 heterocycles. The van der Waals surface area contributed by atoms with Gasteiger partial charge in [0.15, 0.2) is 0 Å². The first kappa shape index (κ1) is 16.8. The predicted molar refractivity (Wildman–Crippen MR) is 91.6 cm³/mol. The second-order valence-electron chi connectivity index (χ2n) is 6.99. The molecule has 0 amide bonds. The first-order valence-corrected chi connectivity index (χ1v) is 8.43. The summed E-state index contributed by atoms with van der Waals surface area (Å²) >= 11 is 3.66. The van der Waals surface area contributed by atoms with Gasteiger partial charge in [0.25, 0.3) is 0 Å². The number of nitrogens with two attached hydrogens (primary N) is 1. The van der Waals surface area contributed by atoms with E-state index in [1.807, 2.05) is 12.1 Å². The molecular formula is C17H27BrN2O. The molecule has 0 spiro atoms. The number of methoxy groups -OCH3 is 1. The third-order valence-corrected chi connectivity index (χ3v) is 5.39. The van der Waals surface area contributed by atoms with Gasteiger partial charge < -0.3 is 10.5 Å². The molecule has 1 aromatic carbocycles. The maximum atomic E-state index is 6.10. The Morgan fingerprint density at radius 2 is 2.14 bits per heavy atom. The molecule has 4 heteroatoms. The zero-order valence-corrected chi connectivity index (χ0v) is 15.1. The second kappa shape index (κ2) is 6.67. The largest absolute Gasteiger partial charge is 0.497 e. The SMILES string of the molecule is COc1ccc(Br)c(C(CN)N2CCC(C(C)(C)C)C2)c1. The van der Waals surface area contributed by atoms with Gasteiger partial charge >= 0.3 is 0 Å². The highest BCUT2D eigenvalue weighted by atomic mass is 79.9. The summed E-state index contributed by atoms with van der Waals surface area (Å²) in [4.78, 5) is 2.52. The zero-order chi connectivity index (χ0) is 15.6. The Morgan fingerprint density at radius 3 is 2.67 bits per heavy atom. The Labute approximate surface area is 137 Å². The minimum absolute atomic E-state index is 0.252. The van der Waals surface area contributed by atoms with Gasteiger partial charge in [-0.2, -0.15) is 0 Å². The Morgan fingerprint density at radius 1 is 1.43 bits per heavy atom. The highest BCUT2D eigenvalue weighted by molar-refractivity contribution is 9.10. The molecular weight excluding hydrogens is 328 g/mol. The van der Waals surface area contributed by atoms with E-state index in [0.717, 1.165) is 29.2 Å². The van der Waals surface area contributed by atoms with Crippen molar-refractivity contribution in [1.82, 2.24) is 4.90 Å². The third-order valence-electron chi connectivity index (χ3n) is 4.67. The molecule has 0 radical (unpaired) electrons. The van der Waals surface area contributed by atoms with E-state index >= 15 is 0 Å². The average Bonchev–Trinajstić information content (AvgIpc) is 2.91. The van der Waals surface area contributed by atoms with E-state index in [9.17, 15) is 0 Å². The summed E-state index contributed by atoms with van der Waals surface area (Å²) < 4.78 is 6.47. The maximum absolute atomic E-state index is 6.10. The monoisotopic (exact) mass is 354 g/mol. The molecule has 2 unspecified atom stereocenters. The fourth-order valence-electron chi connectivity index (χ4n) is 3.15.